The number of rotatable bonds is 5. The summed E-state index contributed by atoms with van der Waals surface area (Å²) in [6.45, 7) is 1.90. The first kappa shape index (κ1) is 25.1. The Bertz CT molecular complexity index is 1390. The number of amides is 4. The van der Waals surface area contributed by atoms with Gasteiger partial charge in [0.2, 0.25) is 0 Å². The van der Waals surface area contributed by atoms with Crippen LogP contribution in [0.1, 0.15) is 16.7 Å². The van der Waals surface area contributed by atoms with E-state index in [0.717, 1.165) is 14.9 Å². The fourth-order valence-corrected chi connectivity index (χ4v) is 4.65. The molecule has 10 heteroatoms. The van der Waals surface area contributed by atoms with Crippen LogP contribution in [0.3, 0.4) is 0 Å². The fourth-order valence-electron chi connectivity index (χ4n) is 3.41. The Morgan fingerprint density at radius 3 is 2.51 bits per heavy atom. The third kappa shape index (κ3) is 5.47. The Labute approximate surface area is 222 Å². The number of hydrogen-bond donors (Lipinski definition) is 1. The normalized spacial score (nSPS) is 14.9. The summed E-state index contributed by atoms with van der Waals surface area (Å²) in [4.78, 5) is 39.0. The molecule has 0 aliphatic carbocycles. The van der Waals surface area contributed by atoms with Gasteiger partial charge in [0.1, 0.15) is 18.0 Å². The van der Waals surface area contributed by atoms with Gasteiger partial charge in [-0.3, -0.25) is 14.9 Å². The number of urea groups is 1. The molecule has 3 aromatic rings. The van der Waals surface area contributed by atoms with Crippen LogP contribution in [0.5, 0.6) is 5.75 Å². The van der Waals surface area contributed by atoms with E-state index in [1.165, 1.54) is 24.3 Å². The number of benzene rings is 3. The van der Waals surface area contributed by atoms with E-state index >= 15 is 0 Å². The minimum atomic E-state index is -0.834. The van der Waals surface area contributed by atoms with Crippen LogP contribution < -0.4 is 15.0 Å². The van der Waals surface area contributed by atoms with Crippen LogP contribution in [0.25, 0.3) is 6.08 Å². The molecule has 6 nitrogen and oxygen atoms in total. The highest BCUT2D eigenvalue weighted by Gasteiger charge is 2.37. The third-order valence-electron chi connectivity index (χ3n) is 5.11. The third-order valence-corrected chi connectivity index (χ3v) is 6.86. The van der Waals surface area contributed by atoms with Crippen LogP contribution in [0.15, 0.2) is 69.1 Å². The van der Waals surface area contributed by atoms with Gasteiger partial charge in [-0.1, -0.05) is 39.7 Å². The molecule has 1 N–H and O–H groups in total. The van der Waals surface area contributed by atoms with E-state index in [4.69, 9.17) is 16.3 Å². The van der Waals surface area contributed by atoms with E-state index in [-0.39, 0.29) is 23.0 Å². The number of hydrogen-bond acceptors (Lipinski definition) is 4. The minimum Gasteiger partial charge on any atom is -0.486 e. The second-order valence-corrected chi connectivity index (χ2v) is 9.74. The highest BCUT2D eigenvalue weighted by Crippen LogP contribution is 2.36. The van der Waals surface area contributed by atoms with Gasteiger partial charge < -0.3 is 4.74 Å². The number of carbonyl (C=O) groups is 3. The number of imide groups is 2. The molecule has 178 valence electrons. The summed E-state index contributed by atoms with van der Waals surface area (Å²) in [5.41, 5.74) is 1.96. The number of aryl methyl sites for hydroxylation is 1. The number of ether oxygens (including phenoxy) is 1. The van der Waals surface area contributed by atoms with Crippen LogP contribution >= 0.6 is 43.5 Å². The van der Waals surface area contributed by atoms with Crippen molar-refractivity contribution in [2.45, 2.75) is 13.5 Å². The molecule has 0 spiro atoms. The Morgan fingerprint density at radius 1 is 1.06 bits per heavy atom. The standard InChI is InChI=1S/C25H16Br2ClFN2O4/c1-13-7-17(5-6-19(13)26)31-24(33)18(23(32)30-25(31)34)9-15-10-20(27)22(21(28)11-15)35-12-14-3-2-4-16(29)8-14/h2-11H,12H2,1H3,(H,30,32,34)/b18-9+. The first-order valence-electron chi connectivity index (χ1n) is 10.2. The Hall–Kier alpha value is -3.01. The van der Waals surface area contributed by atoms with Crippen molar-refractivity contribution < 1.29 is 23.5 Å². The van der Waals surface area contributed by atoms with Gasteiger partial charge in [-0.05, 0) is 88.1 Å². The van der Waals surface area contributed by atoms with E-state index in [2.05, 4.69) is 37.2 Å². The van der Waals surface area contributed by atoms with Crippen molar-refractivity contribution in [3.8, 4) is 5.75 Å². The van der Waals surface area contributed by atoms with Gasteiger partial charge in [0.25, 0.3) is 11.8 Å². The quantitative estimate of drug-likeness (QED) is 0.259. The van der Waals surface area contributed by atoms with Crippen molar-refractivity contribution in [2.75, 3.05) is 4.90 Å². The molecule has 1 aliphatic rings. The summed E-state index contributed by atoms with van der Waals surface area (Å²) in [6.07, 6.45) is 1.34. The van der Waals surface area contributed by atoms with Crippen molar-refractivity contribution >= 4 is 73.1 Å². The molecule has 0 unspecified atom stereocenters. The monoisotopic (exact) mass is 620 g/mol. The van der Waals surface area contributed by atoms with E-state index in [1.807, 2.05) is 6.92 Å². The van der Waals surface area contributed by atoms with Crippen molar-refractivity contribution in [2.24, 2.45) is 0 Å². The summed E-state index contributed by atoms with van der Waals surface area (Å²) < 4.78 is 20.4. The molecule has 0 aromatic heterocycles. The molecular formula is C25H16Br2ClFN2O4. The van der Waals surface area contributed by atoms with Gasteiger partial charge in [0.15, 0.2) is 5.75 Å². The number of nitrogens with zero attached hydrogens (tertiary/aromatic N) is 1. The summed E-state index contributed by atoms with van der Waals surface area (Å²) in [6, 6.07) is 13.3. The summed E-state index contributed by atoms with van der Waals surface area (Å²) >= 11 is 13.2. The number of halogens is 4. The highest BCUT2D eigenvalue weighted by molar-refractivity contribution is 9.10. The van der Waals surface area contributed by atoms with Crippen molar-refractivity contribution in [1.29, 1.82) is 0 Å². The zero-order chi connectivity index (χ0) is 25.3. The van der Waals surface area contributed by atoms with Gasteiger partial charge in [-0.25, -0.2) is 14.1 Å². The van der Waals surface area contributed by atoms with Gasteiger partial charge in [0.05, 0.1) is 15.2 Å². The average Bonchev–Trinajstić information content (AvgIpc) is 2.78. The molecule has 4 amide bonds. The number of carbonyl (C=O) groups excluding carboxylic acids is 3. The van der Waals surface area contributed by atoms with Crippen LogP contribution in [0.4, 0.5) is 14.9 Å². The number of barbiturate groups is 1. The van der Waals surface area contributed by atoms with Crippen LogP contribution in [-0.4, -0.2) is 17.8 Å². The van der Waals surface area contributed by atoms with Crippen LogP contribution in [0.2, 0.25) is 5.02 Å². The molecule has 0 radical (unpaired) electrons. The van der Waals surface area contributed by atoms with Gasteiger partial charge in [-0.15, -0.1) is 0 Å². The van der Waals surface area contributed by atoms with Gasteiger partial charge >= 0.3 is 6.03 Å². The smallest absolute Gasteiger partial charge is 0.335 e. The molecule has 0 saturated carbocycles. The predicted octanol–water partition coefficient (Wildman–Crippen LogP) is 6.56. The second kappa shape index (κ2) is 10.3. The lowest BCUT2D eigenvalue weighted by Gasteiger charge is -2.26. The lowest BCUT2D eigenvalue weighted by Crippen LogP contribution is -2.54. The highest BCUT2D eigenvalue weighted by atomic mass is 79.9. The Balaban J connectivity index is 1.62. The number of nitrogens with one attached hydrogen (secondary N) is 1. The maximum Gasteiger partial charge on any atom is 0.335 e. The topological polar surface area (TPSA) is 75.7 Å². The fraction of sp³-hybridized carbons (Fsp3) is 0.0800. The Kier molecular flexibility index (Phi) is 7.39. The lowest BCUT2D eigenvalue weighted by molar-refractivity contribution is -0.122. The molecule has 3 aromatic carbocycles. The average molecular weight is 623 g/mol. The molecule has 1 fully saturated rings. The van der Waals surface area contributed by atoms with E-state index < -0.39 is 17.8 Å². The first-order valence-corrected chi connectivity index (χ1v) is 12.1. The lowest BCUT2D eigenvalue weighted by atomic mass is 10.1. The summed E-state index contributed by atoms with van der Waals surface area (Å²) in [5.74, 6) is -1.64. The van der Waals surface area contributed by atoms with Crippen molar-refractivity contribution in [3.63, 3.8) is 0 Å². The molecule has 0 atom stereocenters. The van der Waals surface area contributed by atoms with E-state index in [1.54, 1.807) is 36.4 Å². The molecule has 0 bridgehead atoms. The van der Waals surface area contributed by atoms with Crippen LogP contribution in [-0.2, 0) is 16.2 Å². The molecule has 4 rings (SSSR count). The molecule has 1 aliphatic heterocycles. The first-order chi connectivity index (χ1) is 16.6. The molecule has 1 heterocycles. The van der Waals surface area contributed by atoms with Crippen molar-refractivity contribution in [1.82, 2.24) is 5.32 Å². The van der Waals surface area contributed by atoms with Crippen molar-refractivity contribution in [3.05, 3.63) is 96.6 Å². The molecular weight excluding hydrogens is 607 g/mol. The maximum absolute atomic E-state index is 13.4. The molecule has 35 heavy (non-hydrogen) atoms. The van der Waals surface area contributed by atoms with E-state index in [9.17, 15) is 18.8 Å². The SMILES string of the molecule is Cc1cc(N2C(=O)NC(=O)/C(=C\c3cc(Cl)c(OCc4cccc(F)c4)c(Br)c3)C2=O)ccc1Br. The zero-order valence-electron chi connectivity index (χ0n) is 18.1. The Morgan fingerprint density at radius 2 is 1.83 bits per heavy atom. The zero-order valence-corrected chi connectivity index (χ0v) is 22.0. The van der Waals surface area contributed by atoms with Crippen LogP contribution in [0, 0.1) is 12.7 Å². The largest absolute Gasteiger partial charge is 0.486 e. The minimum absolute atomic E-state index is 0.0844. The summed E-state index contributed by atoms with van der Waals surface area (Å²) in [5, 5.41) is 2.40. The number of anilines is 1. The predicted molar refractivity (Wildman–Crippen MR) is 138 cm³/mol. The van der Waals surface area contributed by atoms with E-state index in [0.29, 0.717) is 27.0 Å². The van der Waals surface area contributed by atoms with Gasteiger partial charge in [0, 0.05) is 4.47 Å². The molecule has 1 saturated heterocycles. The maximum atomic E-state index is 13.4. The summed E-state index contributed by atoms with van der Waals surface area (Å²) in [7, 11) is 0. The second-order valence-electron chi connectivity index (χ2n) is 7.62. The van der Waals surface area contributed by atoms with Gasteiger partial charge in [-0.2, -0.15) is 0 Å².